The Morgan fingerprint density at radius 1 is 0.897 bits per heavy atom. The van der Waals surface area contributed by atoms with Gasteiger partial charge >= 0.3 is 0 Å². The minimum absolute atomic E-state index is 0.0265. The molecule has 6 nitrogen and oxygen atoms in total. The van der Waals surface area contributed by atoms with Crippen molar-refractivity contribution >= 4 is 35.0 Å². The van der Waals surface area contributed by atoms with Crippen LogP contribution < -0.4 is 20.1 Å². The molecule has 0 heterocycles. The molecule has 0 bridgehead atoms. The van der Waals surface area contributed by atoms with Crippen LogP contribution in [0.4, 0.5) is 0 Å². The van der Waals surface area contributed by atoms with E-state index < -0.39 is 0 Å². The summed E-state index contributed by atoms with van der Waals surface area (Å²) in [6.07, 6.45) is 1.24. The Morgan fingerprint density at radius 2 is 1.48 bits per heavy atom. The zero-order valence-corrected chi connectivity index (χ0v) is 17.2. The summed E-state index contributed by atoms with van der Waals surface area (Å²) in [5.41, 5.74) is 0. The molecule has 1 aliphatic rings. The second kappa shape index (κ2) is 10.4. The van der Waals surface area contributed by atoms with Crippen molar-refractivity contribution in [2.45, 2.75) is 18.9 Å². The molecule has 2 atom stereocenters. The van der Waals surface area contributed by atoms with Gasteiger partial charge in [-0.3, -0.25) is 9.59 Å². The highest BCUT2D eigenvalue weighted by molar-refractivity contribution is 6.30. The molecule has 3 rings (SSSR count). The summed E-state index contributed by atoms with van der Waals surface area (Å²) >= 11 is 11.6. The Labute approximate surface area is 179 Å². The van der Waals surface area contributed by atoms with E-state index in [-0.39, 0.29) is 30.4 Å². The van der Waals surface area contributed by atoms with Crippen LogP contribution in [-0.2, 0) is 9.59 Å². The molecule has 2 aromatic rings. The third kappa shape index (κ3) is 7.15. The first-order valence-electron chi connectivity index (χ1n) is 9.36. The molecular weight excluding hydrogens is 415 g/mol. The Hall–Kier alpha value is -2.44. The van der Waals surface area contributed by atoms with Gasteiger partial charge < -0.3 is 20.1 Å². The van der Waals surface area contributed by atoms with Gasteiger partial charge in [-0.1, -0.05) is 23.2 Å². The van der Waals surface area contributed by atoms with Gasteiger partial charge in [-0.05, 0) is 55.0 Å². The fourth-order valence-electron chi connectivity index (χ4n) is 2.66. The van der Waals surface area contributed by atoms with Gasteiger partial charge in [0.2, 0.25) is 5.91 Å². The number of hydrogen-bond acceptors (Lipinski definition) is 4. The molecule has 0 spiro atoms. The highest BCUT2D eigenvalue weighted by atomic mass is 35.5. The normalized spacial score (nSPS) is 17.3. The van der Waals surface area contributed by atoms with Crippen molar-refractivity contribution in [2.24, 2.45) is 5.92 Å². The van der Waals surface area contributed by atoms with Gasteiger partial charge in [-0.15, -0.1) is 0 Å². The van der Waals surface area contributed by atoms with Crippen molar-refractivity contribution in [3.63, 3.8) is 0 Å². The minimum atomic E-state index is -0.218. The van der Waals surface area contributed by atoms with E-state index in [0.29, 0.717) is 47.5 Å². The van der Waals surface area contributed by atoms with Gasteiger partial charge in [0.1, 0.15) is 17.6 Å². The summed E-state index contributed by atoms with van der Waals surface area (Å²) in [5, 5.41) is 6.88. The molecule has 2 aromatic carbocycles. The van der Waals surface area contributed by atoms with E-state index in [9.17, 15) is 9.59 Å². The second-order valence-electron chi connectivity index (χ2n) is 6.69. The van der Waals surface area contributed by atoms with Crippen LogP contribution in [0.1, 0.15) is 12.8 Å². The molecule has 0 radical (unpaired) electrons. The first-order valence-corrected chi connectivity index (χ1v) is 10.1. The van der Waals surface area contributed by atoms with Crippen molar-refractivity contribution in [2.75, 3.05) is 19.7 Å². The van der Waals surface area contributed by atoms with E-state index in [4.69, 9.17) is 32.7 Å². The average molecular weight is 437 g/mol. The van der Waals surface area contributed by atoms with Crippen LogP contribution in [0.5, 0.6) is 11.5 Å². The Balaban J connectivity index is 1.23. The van der Waals surface area contributed by atoms with Gasteiger partial charge in [-0.2, -0.15) is 0 Å². The molecule has 2 amide bonds. The highest BCUT2D eigenvalue weighted by Gasteiger charge is 2.45. The standard InChI is InChI=1S/C21H22Cl2N2O4/c22-14-2-6-16(7-3-14)28-13-20(26)24-10-1-11-25-21(27)18-12-19(18)29-17-8-4-15(23)5-9-17/h2-9,18-19H,1,10-13H2,(H,24,26)(H,25,27). The maximum absolute atomic E-state index is 12.1. The zero-order chi connectivity index (χ0) is 20.6. The number of rotatable bonds is 10. The van der Waals surface area contributed by atoms with Crippen LogP contribution in [0.3, 0.4) is 0 Å². The monoisotopic (exact) mass is 436 g/mol. The highest BCUT2D eigenvalue weighted by Crippen LogP contribution is 2.35. The molecule has 1 saturated carbocycles. The lowest BCUT2D eigenvalue weighted by atomic mass is 10.3. The Bertz CT molecular complexity index is 828. The summed E-state index contributed by atoms with van der Waals surface area (Å²) in [7, 11) is 0. The van der Waals surface area contributed by atoms with Crippen molar-refractivity contribution in [1.82, 2.24) is 10.6 Å². The van der Waals surface area contributed by atoms with Crippen molar-refractivity contribution in [1.29, 1.82) is 0 Å². The molecule has 0 saturated heterocycles. The van der Waals surface area contributed by atoms with Crippen molar-refractivity contribution in [3.8, 4) is 11.5 Å². The number of benzene rings is 2. The Morgan fingerprint density at radius 3 is 2.14 bits per heavy atom. The van der Waals surface area contributed by atoms with Gasteiger partial charge in [-0.25, -0.2) is 0 Å². The van der Waals surface area contributed by atoms with Gasteiger partial charge in [0.25, 0.3) is 5.91 Å². The van der Waals surface area contributed by atoms with Crippen LogP contribution in [0.25, 0.3) is 0 Å². The van der Waals surface area contributed by atoms with E-state index in [1.807, 2.05) is 0 Å². The van der Waals surface area contributed by atoms with E-state index in [0.717, 1.165) is 0 Å². The first-order chi connectivity index (χ1) is 14.0. The minimum Gasteiger partial charge on any atom is -0.490 e. The fraction of sp³-hybridized carbons (Fsp3) is 0.333. The third-order valence-corrected chi connectivity index (χ3v) is 4.83. The number of carbonyl (C=O) groups excluding carboxylic acids is 2. The summed E-state index contributed by atoms with van der Waals surface area (Å²) in [5.74, 6) is 0.911. The maximum atomic E-state index is 12.1. The van der Waals surface area contributed by atoms with Crippen molar-refractivity contribution < 1.29 is 19.1 Å². The van der Waals surface area contributed by atoms with Crippen molar-refractivity contribution in [3.05, 3.63) is 58.6 Å². The number of ether oxygens (including phenoxy) is 2. The van der Waals surface area contributed by atoms with Gasteiger partial charge in [0, 0.05) is 29.6 Å². The topological polar surface area (TPSA) is 76.7 Å². The number of nitrogens with one attached hydrogen (secondary N) is 2. The quantitative estimate of drug-likeness (QED) is 0.559. The number of amides is 2. The molecular formula is C21H22Cl2N2O4. The smallest absolute Gasteiger partial charge is 0.257 e. The molecule has 8 heteroatoms. The van der Waals surface area contributed by atoms with Crippen LogP contribution in [0, 0.1) is 5.92 Å². The predicted molar refractivity (Wildman–Crippen MR) is 112 cm³/mol. The third-order valence-electron chi connectivity index (χ3n) is 4.33. The molecule has 2 N–H and O–H groups in total. The van der Waals surface area contributed by atoms with Crippen LogP contribution in [0.2, 0.25) is 10.0 Å². The first kappa shape index (κ1) is 21.3. The summed E-state index contributed by atoms with van der Waals surface area (Å²) in [4.78, 5) is 23.9. The number of halogens is 2. The lowest BCUT2D eigenvalue weighted by molar-refractivity contribution is -0.123. The molecule has 154 valence electrons. The molecule has 2 unspecified atom stereocenters. The Kier molecular flexibility index (Phi) is 7.61. The predicted octanol–water partition coefficient (Wildman–Crippen LogP) is 3.46. The fourth-order valence-corrected chi connectivity index (χ4v) is 2.91. The number of carbonyl (C=O) groups is 2. The molecule has 0 aromatic heterocycles. The zero-order valence-electron chi connectivity index (χ0n) is 15.7. The molecule has 1 fully saturated rings. The van der Waals surface area contributed by atoms with E-state index >= 15 is 0 Å². The number of hydrogen-bond donors (Lipinski definition) is 2. The lowest BCUT2D eigenvalue weighted by Gasteiger charge is -2.09. The SMILES string of the molecule is O=C(COc1ccc(Cl)cc1)NCCCNC(=O)C1CC1Oc1ccc(Cl)cc1. The van der Waals surface area contributed by atoms with Crippen LogP contribution in [0.15, 0.2) is 48.5 Å². The molecule has 0 aliphatic heterocycles. The second-order valence-corrected chi connectivity index (χ2v) is 7.56. The van der Waals surface area contributed by atoms with E-state index in [1.54, 1.807) is 48.5 Å². The lowest BCUT2D eigenvalue weighted by Crippen LogP contribution is -2.33. The van der Waals surface area contributed by atoms with E-state index in [1.165, 1.54) is 0 Å². The van der Waals surface area contributed by atoms with Crippen LogP contribution >= 0.6 is 23.2 Å². The average Bonchev–Trinajstić information content (AvgIpc) is 3.48. The largest absolute Gasteiger partial charge is 0.490 e. The summed E-state index contributed by atoms with van der Waals surface area (Å²) < 4.78 is 11.1. The molecule has 29 heavy (non-hydrogen) atoms. The van der Waals surface area contributed by atoms with Crippen LogP contribution in [-0.4, -0.2) is 37.6 Å². The maximum Gasteiger partial charge on any atom is 0.257 e. The molecule has 1 aliphatic carbocycles. The van der Waals surface area contributed by atoms with E-state index in [2.05, 4.69) is 10.6 Å². The summed E-state index contributed by atoms with van der Waals surface area (Å²) in [6.45, 7) is 0.875. The van der Waals surface area contributed by atoms with Gasteiger partial charge in [0.15, 0.2) is 6.61 Å². The summed E-state index contributed by atoms with van der Waals surface area (Å²) in [6, 6.07) is 13.9. The van der Waals surface area contributed by atoms with Gasteiger partial charge in [0.05, 0.1) is 5.92 Å².